The molecule has 0 spiro atoms. The van der Waals surface area contributed by atoms with Gasteiger partial charge >= 0.3 is 5.69 Å². The Hall–Kier alpha value is -0.883. The number of hydrogen-bond acceptors (Lipinski definition) is 3. The van der Waals surface area contributed by atoms with Gasteiger partial charge in [-0.05, 0) is 5.04 Å². The van der Waals surface area contributed by atoms with Crippen molar-refractivity contribution in [1.82, 2.24) is 0 Å². The molecule has 1 rings (SSSR count). The Morgan fingerprint density at radius 2 is 2.05 bits per heavy atom. The van der Waals surface area contributed by atoms with Crippen molar-refractivity contribution in [2.45, 2.75) is 37.3 Å². The normalized spacial score (nSPS) is 11.7. The van der Waals surface area contributed by atoms with Gasteiger partial charge in [-0.3, -0.25) is 10.1 Å². The molecule has 0 unspecified atom stereocenters. The van der Waals surface area contributed by atoms with Crippen molar-refractivity contribution in [1.29, 1.82) is 0 Å². The van der Waals surface area contributed by atoms with Crippen LogP contribution in [0.2, 0.25) is 18.1 Å². The topological polar surface area (TPSA) is 52.4 Å². The summed E-state index contributed by atoms with van der Waals surface area (Å²) in [5.74, 6) is 0.390. The molecule has 6 heteroatoms. The molecule has 1 aromatic rings. The predicted octanol–water partition coefficient (Wildman–Crippen LogP) is 4.40. The van der Waals surface area contributed by atoms with Crippen molar-refractivity contribution in [3.05, 3.63) is 33.9 Å². The molecule has 0 aromatic heterocycles. The second-order valence-electron chi connectivity index (χ2n) is 5.33. The standard InChI is InChI=1S/C13H19BrNO3Si/c1-13(2,19(3)4)9-18-12-10(8-14)6-5-7-11(12)15(16)17/h5-7H,8-9H2,1-4H3. The van der Waals surface area contributed by atoms with E-state index in [1.165, 1.54) is 6.07 Å². The first-order valence-electron chi connectivity index (χ1n) is 6.05. The molecule has 0 aliphatic carbocycles. The van der Waals surface area contributed by atoms with Crippen LogP contribution < -0.4 is 4.74 Å². The number of benzene rings is 1. The van der Waals surface area contributed by atoms with Crippen molar-refractivity contribution in [2.24, 2.45) is 0 Å². The van der Waals surface area contributed by atoms with Crippen LogP contribution in [0.1, 0.15) is 19.4 Å². The van der Waals surface area contributed by atoms with Crippen LogP contribution in [0.3, 0.4) is 0 Å². The molecule has 0 saturated carbocycles. The number of ether oxygens (including phenoxy) is 1. The molecular weight excluding hydrogens is 326 g/mol. The van der Waals surface area contributed by atoms with Crippen LogP contribution in [-0.4, -0.2) is 20.3 Å². The van der Waals surface area contributed by atoms with Crippen molar-refractivity contribution in [3.63, 3.8) is 0 Å². The van der Waals surface area contributed by atoms with Crippen LogP contribution in [-0.2, 0) is 5.33 Å². The number of nitro benzene ring substituents is 1. The zero-order chi connectivity index (χ0) is 14.6. The molecule has 0 aliphatic heterocycles. The van der Waals surface area contributed by atoms with Gasteiger partial charge in [0.25, 0.3) is 0 Å². The number of nitrogens with zero attached hydrogens (tertiary/aromatic N) is 1. The molecule has 0 heterocycles. The molecule has 0 fully saturated rings. The monoisotopic (exact) mass is 344 g/mol. The highest BCUT2D eigenvalue weighted by atomic mass is 79.9. The number of alkyl halides is 1. The van der Waals surface area contributed by atoms with Crippen molar-refractivity contribution in [3.8, 4) is 5.75 Å². The summed E-state index contributed by atoms with van der Waals surface area (Å²) in [6, 6.07) is 5.01. The fourth-order valence-electron chi connectivity index (χ4n) is 1.38. The number of rotatable bonds is 6. The highest BCUT2D eigenvalue weighted by Gasteiger charge is 2.27. The number of hydrogen-bond donors (Lipinski definition) is 0. The Morgan fingerprint density at radius 1 is 1.42 bits per heavy atom. The van der Waals surface area contributed by atoms with Crippen molar-refractivity contribution in [2.75, 3.05) is 6.61 Å². The average molecular weight is 345 g/mol. The van der Waals surface area contributed by atoms with E-state index >= 15 is 0 Å². The predicted molar refractivity (Wildman–Crippen MR) is 82.7 cm³/mol. The molecule has 0 bridgehead atoms. The zero-order valence-corrected chi connectivity index (χ0v) is 14.3. The summed E-state index contributed by atoms with van der Waals surface area (Å²) < 4.78 is 5.80. The van der Waals surface area contributed by atoms with Crippen molar-refractivity contribution < 1.29 is 9.66 Å². The molecule has 105 valence electrons. The fraction of sp³-hybridized carbons (Fsp3) is 0.538. The second-order valence-corrected chi connectivity index (χ2v) is 9.24. The van der Waals surface area contributed by atoms with Crippen LogP contribution >= 0.6 is 15.9 Å². The van der Waals surface area contributed by atoms with Crippen LogP contribution in [0.4, 0.5) is 5.69 Å². The molecular formula is C13H19BrNO3Si. The van der Waals surface area contributed by atoms with Crippen LogP contribution in [0.5, 0.6) is 5.75 Å². The fourth-order valence-corrected chi connectivity index (χ4v) is 2.19. The third kappa shape index (κ3) is 4.04. The molecule has 1 aromatic carbocycles. The van der Waals surface area contributed by atoms with E-state index in [9.17, 15) is 10.1 Å². The first kappa shape index (κ1) is 16.2. The maximum Gasteiger partial charge on any atom is 0.311 e. The minimum atomic E-state index is -0.539. The van der Waals surface area contributed by atoms with Gasteiger partial charge in [0.2, 0.25) is 5.75 Å². The summed E-state index contributed by atoms with van der Waals surface area (Å²) in [5, 5.41) is 11.7. The maximum atomic E-state index is 11.1. The van der Waals surface area contributed by atoms with Gasteiger partial charge in [-0.1, -0.05) is 55.0 Å². The van der Waals surface area contributed by atoms with Crippen LogP contribution in [0.15, 0.2) is 18.2 Å². The maximum absolute atomic E-state index is 11.1. The number of para-hydroxylation sites is 1. The largest absolute Gasteiger partial charge is 0.486 e. The first-order valence-corrected chi connectivity index (χ1v) is 9.67. The quantitative estimate of drug-likeness (QED) is 0.332. The van der Waals surface area contributed by atoms with Crippen LogP contribution in [0.25, 0.3) is 0 Å². The van der Waals surface area contributed by atoms with Gasteiger partial charge in [-0.15, -0.1) is 0 Å². The van der Waals surface area contributed by atoms with Gasteiger partial charge < -0.3 is 4.74 Å². The summed E-state index contributed by atoms with van der Waals surface area (Å²) in [5.41, 5.74) is 0.847. The Bertz CT molecular complexity index is 463. The van der Waals surface area contributed by atoms with Gasteiger partial charge in [-0.25, -0.2) is 0 Å². The lowest BCUT2D eigenvalue weighted by atomic mass is 10.2. The van der Waals surface area contributed by atoms with Gasteiger partial charge in [0.1, 0.15) is 0 Å². The van der Waals surface area contributed by atoms with Gasteiger partial charge in [0, 0.05) is 17.0 Å². The van der Waals surface area contributed by atoms with E-state index in [-0.39, 0.29) is 10.7 Å². The molecule has 0 N–H and O–H groups in total. The van der Waals surface area contributed by atoms with E-state index in [4.69, 9.17) is 4.74 Å². The highest BCUT2D eigenvalue weighted by Crippen LogP contribution is 2.36. The Kier molecular flexibility index (Phi) is 5.55. The minimum absolute atomic E-state index is 0.0359. The first-order chi connectivity index (χ1) is 8.79. The summed E-state index contributed by atoms with van der Waals surface area (Å²) >= 11 is 3.34. The molecule has 0 atom stereocenters. The molecule has 4 nitrogen and oxygen atoms in total. The third-order valence-electron chi connectivity index (χ3n) is 3.35. The molecule has 1 radical (unpaired) electrons. The van der Waals surface area contributed by atoms with Gasteiger partial charge in [0.15, 0.2) is 0 Å². The van der Waals surface area contributed by atoms with Crippen LogP contribution in [0, 0.1) is 10.1 Å². The Morgan fingerprint density at radius 3 is 2.53 bits per heavy atom. The van der Waals surface area contributed by atoms with E-state index < -0.39 is 13.7 Å². The Labute approximate surface area is 124 Å². The van der Waals surface area contributed by atoms with E-state index in [1.54, 1.807) is 6.07 Å². The third-order valence-corrected chi connectivity index (χ3v) is 6.80. The molecule has 0 aliphatic rings. The van der Waals surface area contributed by atoms with Gasteiger partial charge in [-0.2, -0.15) is 0 Å². The lowest BCUT2D eigenvalue weighted by Gasteiger charge is -2.28. The van der Waals surface area contributed by atoms with Gasteiger partial charge in [0.05, 0.1) is 20.3 Å². The molecule has 19 heavy (non-hydrogen) atoms. The highest BCUT2D eigenvalue weighted by molar-refractivity contribution is 9.08. The van der Waals surface area contributed by atoms with E-state index in [0.29, 0.717) is 17.7 Å². The lowest BCUT2D eigenvalue weighted by Crippen LogP contribution is -2.28. The SMILES string of the molecule is C[Si](C)C(C)(C)COc1c(CBr)cccc1[N+](=O)[O-]. The summed E-state index contributed by atoms with van der Waals surface area (Å²) in [4.78, 5) is 10.7. The smallest absolute Gasteiger partial charge is 0.311 e. The number of nitro groups is 1. The van der Waals surface area contributed by atoms with E-state index in [0.717, 1.165) is 5.56 Å². The summed E-state index contributed by atoms with van der Waals surface area (Å²) in [6.45, 7) is 9.23. The molecule has 0 amide bonds. The number of halogens is 1. The lowest BCUT2D eigenvalue weighted by molar-refractivity contribution is -0.385. The zero-order valence-electron chi connectivity index (χ0n) is 11.7. The molecule has 0 saturated heterocycles. The van der Waals surface area contributed by atoms with E-state index in [2.05, 4.69) is 42.9 Å². The second kappa shape index (κ2) is 6.52. The summed E-state index contributed by atoms with van der Waals surface area (Å²) in [6.07, 6.45) is 0. The van der Waals surface area contributed by atoms with E-state index in [1.807, 2.05) is 6.07 Å². The minimum Gasteiger partial charge on any atom is -0.486 e. The summed E-state index contributed by atoms with van der Waals surface area (Å²) in [7, 11) is -0.539. The Balaban J connectivity index is 3.02. The average Bonchev–Trinajstić information content (AvgIpc) is 2.35. The van der Waals surface area contributed by atoms with Crippen molar-refractivity contribution >= 4 is 30.4 Å².